The molecule has 0 aliphatic heterocycles. The lowest BCUT2D eigenvalue weighted by Crippen LogP contribution is -2.45. The summed E-state index contributed by atoms with van der Waals surface area (Å²) in [5.41, 5.74) is 0. The maximum Gasteiger partial charge on any atom is 0.305 e. The molecule has 0 bridgehead atoms. The second kappa shape index (κ2) is 71.8. The van der Waals surface area contributed by atoms with Crippen LogP contribution in [-0.4, -0.2) is 47.4 Å². The molecule has 0 aromatic rings. The van der Waals surface area contributed by atoms with Crippen molar-refractivity contribution in [2.24, 2.45) is 0 Å². The second-order valence-corrected chi connectivity index (χ2v) is 26.0. The Bertz CT molecular complexity index is 1280. The molecule has 0 saturated carbocycles. The largest absolute Gasteiger partial charge is 0.466 e. The zero-order valence-corrected chi connectivity index (χ0v) is 55.8. The molecule has 0 aromatic heterocycles. The van der Waals surface area contributed by atoms with Crippen LogP contribution >= 0.6 is 0 Å². The number of aliphatic hydroxyl groups is 2. The summed E-state index contributed by atoms with van der Waals surface area (Å²) in [5, 5.41) is 23.3. The van der Waals surface area contributed by atoms with Crippen molar-refractivity contribution in [2.75, 3.05) is 13.2 Å². The Morgan fingerprint density at radius 3 is 0.927 bits per heavy atom. The average Bonchev–Trinajstić information content (AvgIpc) is 3.48. The molecule has 0 saturated heterocycles. The van der Waals surface area contributed by atoms with E-state index in [-0.39, 0.29) is 18.5 Å². The number of nitrogens with one attached hydrogen (secondary N) is 1. The van der Waals surface area contributed by atoms with Crippen LogP contribution in [-0.2, 0) is 14.3 Å². The third kappa shape index (κ3) is 67.5. The Balaban J connectivity index is 3.34. The highest BCUT2D eigenvalue weighted by molar-refractivity contribution is 5.76. The highest BCUT2D eigenvalue weighted by atomic mass is 16.5. The van der Waals surface area contributed by atoms with Gasteiger partial charge in [0.1, 0.15) is 0 Å². The van der Waals surface area contributed by atoms with E-state index < -0.39 is 12.1 Å². The normalized spacial score (nSPS) is 12.6. The maximum absolute atomic E-state index is 12.5. The molecule has 0 aliphatic carbocycles. The van der Waals surface area contributed by atoms with E-state index in [1.165, 1.54) is 347 Å². The first-order chi connectivity index (χ1) is 40.5. The van der Waals surface area contributed by atoms with E-state index in [0.29, 0.717) is 25.9 Å². The molecular formula is C76H147NO5. The lowest BCUT2D eigenvalue weighted by atomic mass is 10.0. The van der Waals surface area contributed by atoms with E-state index in [2.05, 4.69) is 43.5 Å². The molecule has 0 fully saturated rings. The molecule has 3 N–H and O–H groups in total. The number of amides is 1. The first kappa shape index (κ1) is 80.3. The van der Waals surface area contributed by atoms with Crippen LogP contribution in [0, 0.1) is 0 Å². The van der Waals surface area contributed by atoms with Crippen LogP contribution in [0.1, 0.15) is 425 Å². The van der Waals surface area contributed by atoms with Crippen LogP contribution in [0.15, 0.2) is 24.3 Å². The number of allylic oxidation sites excluding steroid dienone is 4. The summed E-state index contributed by atoms with van der Waals surface area (Å²) >= 11 is 0. The van der Waals surface area contributed by atoms with Crippen molar-refractivity contribution in [3.63, 3.8) is 0 Å². The van der Waals surface area contributed by atoms with Gasteiger partial charge in [0.2, 0.25) is 5.91 Å². The Hall–Kier alpha value is -1.66. The molecule has 0 radical (unpaired) electrons. The van der Waals surface area contributed by atoms with Gasteiger partial charge in [0, 0.05) is 12.8 Å². The minimum atomic E-state index is -0.662. The number of hydrogen-bond acceptors (Lipinski definition) is 5. The number of esters is 1. The first-order valence-electron chi connectivity index (χ1n) is 37.6. The summed E-state index contributed by atoms with van der Waals surface area (Å²) in [6, 6.07) is -0.539. The molecular weight excluding hydrogens is 1010 g/mol. The SMILES string of the molecule is CCCCCCCCCCCCCCCCCCCCCC(=O)OCCCCCCCCCCC/C=C\C/C=C\CCCCCCCCCCCCCCCCCCCC(=O)NC(CO)C(O)CCCCCCCCCCCCCCC. The number of carbonyl (C=O) groups excluding carboxylic acids is 2. The molecule has 0 aliphatic rings. The fourth-order valence-electron chi connectivity index (χ4n) is 12.0. The van der Waals surface area contributed by atoms with Crippen molar-refractivity contribution < 1.29 is 24.5 Å². The second-order valence-electron chi connectivity index (χ2n) is 26.0. The summed E-state index contributed by atoms with van der Waals surface area (Å²) in [6.45, 7) is 4.99. The lowest BCUT2D eigenvalue weighted by molar-refractivity contribution is -0.143. The topological polar surface area (TPSA) is 95.9 Å². The zero-order chi connectivity index (χ0) is 59.2. The predicted octanol–water partition coefficient (Wildman–Crippen LogP) is 24.5. The van der Waals surface area contributed by atoms with Crippen molar-refractivity contribution in [3.8, 4) is 0 Å². The van der Waals surface area contributed by atoms with Gasteiger partial charge in [-0.25, -0.2) is 0 Å². The van der Waals surface area contributed by atoms with Crippen molar-refractivity contribution in [3.05, 3.63) is 24.3 Å². The van der Waals surface area contributed by atoms with Gasteiger partial charge >= 0.3 is 5.97 Å². The third-order valence-electron chi connectivity index (χ3n) is 17.8. The molecule has 0 rings (SSSR count). The first-order valence-corrected chi connectivity index (χ1v) is 37.6. The Morgan fingerprint density at radius 1 is 0.341 bits per heavy atom. The number of hydrogen-bond donors (Lipinski definition) is 3. The van der Waals surface area contributed by atoms with Crippen LogP contribution in [0.3, 0.4) is 0 Å². The molecule has 0 heterocycles. The van der Waals surface area contributed by atoms with Crippen molar-refractivity contribution in [2.45, 2.75) is 437 Å². The summed E-state index contributed by atoms with van der Waals surface area (Å²) < 4.78 is 5.51. The number of unbranched alkanes of at least 4 members (excludes halogenated alkanes) is 56. The van der Waals surface area contributed by atoms with Crippen molar-refractivity contribution in [1.29, 1.82) is 0 Å². The molecule has 0 aromatic carbocycles. The quantitative estimate of drug-likeness (QED) is 0.0320. The van der Waals surface area contributed by atoms with E-state index in [1.54, 1.807) is 0 Å². The average molecular weight is 1160 g/mol. The third-order valence-corrected chi connectivity index (χ3v) is 17.8. The fourth-order valence-corrected chi connectivity index (χ4v) is 12.0. The summed E-state index contributed by atoms with van der Waals surface area (Å²) in [5.74, 6) is -0.0110. The summed E-state index contributed by atoms with van der Waals surface area (Å²) in [6.07, 6.45) is 91.1. The Kier molecular flexibility index (Phi) is 70.4. The van der Waals surface area contributed by atoms with E-state index in [4.69, 9.17) is 4.74 Å². The molecule has 0 spiro atoms. The Labute approximate surface area is 513 Å². The standard InChI is InChI=1S/C76H147NO5/c1-3-5-7-9-11-13-15-17-18-19-35-39-42-46-50-54-58-62-66-70-76(81)82-71-67-63-59-55-51-47-43-40-37-34-32-30-28-26-24-22-20-21-23-25-27-29-31-33-36-38-41-45-49-53-57-61-65-69-75(80)77-73(72-78)74(79)68-64-60-56-52-48-44-16-14-12-10-8-6-4-2/h24,26,30,32,73-74,78-79H,3-23,25,27-29,31,33-72H2,1-2H3,(H,77,80)/b26-24-,32-30-. The van der Waals surface area contributed by atoms with Gasteiger partial charge < -0.3 is 20.3 Å². The smallest absolute Gasteiger partial charge is 0.305 e. The van der Waals surface area contributed by atoms with Gasteiger partial charge in [-0.3, -0.25) is 9.59 Å². The minimum Gasteiger partial charge on any atom is -0.466 e. The van der Waals surface area contributed by atoms with Gasteiger partial charge in [0.15, 0.2) is 0 Å². The maximum atomic E-state index is 12.5. The molecule has 82 heavy (non-hydrogen) atoms. The van der Waals surface area contributed by atoms with Crippen molar-refractivity contribution in [1.82, 2.24) is 5.32 Å². The van der Waals surface area contributed by atoms with Gasteiger partial charge in [-0.05, 0) is 57.8 Å². The van der Waals surface area contributed by atoms with Crippen LogP contribution < -0.4 is 5.32 Å². The van der Waals surface area contributed by atoms with Gasteiger partial charge in [0.25, 0.3) is 0 Å². The van der Waals surface area contributed by atoms with Gasteiger partial charge in [-0.15, -0.1) is 0 Å². The molecule has 486 valence electrons. The van der Waals surface area contributed by atoms with E-state index >= 15 is 0 Å². The molecule has 2 unspecified atom stereocenters. The zero-order valence-electron chi connectivity index (χ0n) is 55.8. The van der Waals surface area contributed by atoms with Crippen LogP contribution in [0.25, 0.3) is 0 Å². The summed E-state index contributed by atoms with van der Waals surface area (Å²) in [4.78, 5) is 24.6. The summed E-state index contributed by atoms with van der Waals surface area (Å²) in [7, 11) is 0. The Morgan fingerprint density at radius 2 is 0.610 bits per heavy atom. The minimum absolute atomic E-state index is 0.0198. The van der Waals surface area contributed by atoms with Crippen LogP contribution in [0.4, 0.5) is 0 Å². The monoisotopic (exact) mass is 1150 g/mol. The van der Waals surface area contributed by atoms with E-state index in [9.17, 15) is 19.8 Å². The number of ether oxygens (including phenoxy) is 1. The van der Waals surface area contributed by atoms with Gasteiger partial charge in [0.05, 0.1) is 25.4 Å². The molecule has 1 amide bonds. The van der Waals surface area contributed by atoms with Crippen LogP contribution in [0.5, 0.6) is 0 Å². The highest BCUT2D eigenvalue weighted by Gasteiger charge is 2.20. The fraction of sp³-hybridized carbons (Fsp3) is 0.921. The molecule has 2 atom stereocenters. The van der Waals surface area contributed by atoms with Gasteiger partial charge in [-0.2, -0.15) is 0 Å². The van der Waals surface area contributed by atoms with E-state index in [1.807, 2.05) is 0 Å². The van der Waals surface area contributed by atoms with E-state index in [0.717, 1.165) is 44.9 Å². The number of carbonyl (C=O) groups is 2. The molecule has 6 heteroatoms. The number of rotatable bonds is 71. The predicted molar refractivity (Wildman–Crippen MR) is 361 cm³/mol. The lowest BCUT2D eigenvalue weighted by Gasteiger charge is -2.22. The van der Waals surface area contributed by atoms with Crippen LogP contribution in [0.2, 0.25) is 0 Å². The van der Waals surface area contributed by atoms with Crippen molar-refractivity contribution >= 4 is 11.9 Å². The number of aliphatic hydroxyl groups excluding tert-OH is 2. The van der Waals surface area contributed by atoms with Gasteiger partial charge in [-0.1, -0.05) is 378 Å². The molecule has 6 nitrogen and oxygen atoms in total. The highest BCUT2D eigenvalue weighted by Crippen LogP contribution is 2.19.